The Labute approximate surface area is 107 Å². The molecule has 1 unspecified atom stereocenters. The van der Waals surface area contributed by atoms with Crippen molar-refractivity contribution in [2.75, 3.05) is 6.26 Å². The Morgan fingerprint density at radius 2 is 1.78 bits per heavy atom. The summed E-state index contributed by atoms with van der Waals surface area (Å²) in [5, 5.41) is 9.65. The number of amides is 2. The molecule has 0 heterocycles. The molecule has 0 aromatic heterocycles. The first-order chi connectivity index (χ1) is 7.85. The Morgan fingerprint density at radius 1 is 1.33 bits per heavy atom. The molecule has 0 radical (unpaired) electrons. The van der Waals surface area contributed by atoms with Crippen molar-refractivity contribution in [3.63, 3.8) is 0 Å². The highest BCUT2D eigenvalue weighted by molar-refractivity contribution is 7.91. The lowest BCUT2D eigenvalue weighted by atomic mass is 9.88. The Hall–Kier alpha value is -1.31. The molecule has 4 N–H and O–H groups in total. The van der Waals surface area contributed by atoms with Crippen molar-refractivity contribution in [3.8, 4) is 0 Å². The van der Waals surface area contributed by atoms with Crippen LogP contribution in [-0.2, 0) is 14.6 Å². The Kier molecular flexibility index (Phi) is 5.15. The Morgan fingerprint density at radius 3 is 2.00 bits per heavy atom. The van der Waals surface area contributed by atoms with Crippen molar-refractivity contribution in [2.24, 2.45) is 11.1 Å². The summed E-state index contributed by atoms with van der Waals surface area (Å²) < 4.78 is 23.4. The average Bonchev–Trinajstić information content (AvgIpc) is 2.06. The maximum absolute atomic E-state index is 11.7. The van der Waals surface area contributed by atoms with E-state index in [1.165, 1.54) is 0 Å². The number of rotatable bonds is 5. The molecule has 0 fully saturated rings. The van der Waals surface area contributed by atoms with E-state index in [0.29, 0.717) is 0 Å². The molecule has 106 valence electrons. The number of carboxylic acid groups (broad SMARTS) is 1. The highest BCUT2D eigenvalue weighted by atomic mass is 32.2. The van der Waals surface area contributed by atoms with Crippen LogP contribution in [0, 0.1) is 5.41 Å². The monoisotopic (exact) mass is 280 g/mol. The van der Waals surface area contributed by atoms with Crippen LogP contribution in [0.3, 0.4) is 0 Å². The third-order valence-electron chi connectivity index (χ3n) is 2.57. The number of nitrogens with two attached hydrogens (primary N) is 1. The maximum atomic E-state index is 11.7. The number of carbonyl (C=O) groups excluding carboxylic acids is 1. The standard InChI is InChI=1S/C10H20N2O5S/c1-10(2,3)7(18(4,16)17)5-6(8(11)13)12-9(14)15/h6-7,12H,5H2,1-4H3,(H2,11,13)(H,14,15)/t6-,7?/m0/s1. The number of sulfone groups is 1. The fourth-order valence-electron chi connectivity index (χ4n) is 1.78. The first kappa shape index (κ1) is 16.7. The largest absolute Gasteiger partial charge is 0.465 e. The van der Waals surface area contributed by atoms with Crippen molar-refractivity contribution < 1.29 is 23.1 Å². The highest BCUT2D eigenvalue weighted by Gasteiger charge is 2.37. The lowest BCUT2D eigenvalue weighted by molar-refractivity contribution is -0.120. The predicted octanol–water partition coefficient (Wildman–Crippen LogP) is -0.0427. The van der Waals surface area contributed by atoms with E-state index >= 15 is 0 Å². The van der Waals surface area contributed by atoms with Gasteiger partial charge in [-0.25, -0.2) is 13.2 Å². The topological polar surface area (TPSA) is 127 Å². The fraction of sp³-hybridized carbons (Fsp3) is 0.800. The van der Waals surface area contributed by atoms with E-state index in [0.717, 1.165) is 6.26 Å². The number of primary amides is 1. The molecular formula is C10H20N2O5S. The first-order valence-corrected chi connectivity index (χ1v) is 7.28. The van der Waals surface area contributed by atoms with Crippen LogP contribution in [0.2, 0.25) is 0 Å². The van der Waals surface area contributed by atoms with E-state index in [1.54, 1.807) is 20.8 Å². The van der Waals surface area contributed by atoms with Crippen LogP contribution in [0.5, 0.6) is 0 Å². The van der Waals surface area contributed by atoms with E-state index in [2.05, 4.69) is 0 Å². The van der Waals surface area contributed by atoms with Gasteiger partial charge in [-0.05, 0) is 11.8 Å². The number of hydrogen-bond acceptors (Lipinski definition) is 4. The fourth-order valence-corrected chi connectivity index (χ4v) is 3.61. The van der Waals surface area contributed by atoms with Gasteiger partial charge in [0.25, 0.3) is 0 Å². The Balaban J connectivity index is 5.18. The maximum Gasteiger partial charge on any atom is 0.405 e. The second kappa shape index (κ2) is 5.55. The summed E-state index contributed by atoms with van der Waals surface area (Å²) in [6, 6.07) is -1.22. The summed E-state index contributed by atoms with van der Waals surface area (Å²) in [5.74, 6) is -0.893. The molecule has 0 aromatic carbocycles. The lowest BCUT2D eigenvalue weighted by Gasteiger charge is -2.31. The van der Waals surface area contributed by atoms with Crippen molar-refractivity contribution in [1.29, 1.82) is 0 Å². The summed E-state index contributed by atoms with van der Waals surface area (Å²) in [6.07, 6.45) is -0.536. The van der Waals surface area contributed by atoms with Crippen molar-refractivity contribution in [3.05, 3.63) is 0 Å². The van der Waals surface area contributed by atoms with Crippen LogP contribution in [0.4, 0.5) is 4.79 Å². The van der Waals surface area contributed by atoms with E-state index < -0.39 is 38.5 Å². The molecule has 2 atom stereocenters. The summed E-state index contributed by atoms with van der Waals surface area (Å²) >= 11 is 0. The van der Waals surface area contributed by atoms with Crippen LogP contribution in [0.25, 0.3) is 0 Å². The third-order valence-corrected chi connectivity index (χ3v) is 4.51. The van der Waals surface area contributed by atoms with Crippen LogP contribution in [0.1, 0.15) is 27.2 Å². The van der Waals surface area contributed by atoms with E-state index in [9.17, 15) is 18.0 Å². The molecule has 0 spiro atoms. The van der Waals surface area contributed by atoms with Gasteiger partial charge in [-0.1, -0.05) is 20.8 Å². The minimum absolute atomic E-state index is 0.177. The lowest BCUT2D eigenvalue weighted by Crippen LogP contribution is -2.49. The molecule has 0 saturated carbocycles. The quantitative estimate of drug-likeness (QED) is 0.651. The van der Waals surface area contributed by atoms with Gasteiger partial charge in [-0.3, -0.25) is 4.79 Å². The average molecular weight is 280 g/mol. The van der Waals surface area contributed by atoms with Gasteiger partial charge < -0.3 is 16.2 Å². The third kappa shape index (κ3) is 5.35. The second-order valence-corrected chi connectivity index (χ2v) is 7.55. The normalized spacial score (nSPS) is 15.8. The number of nitrogens with one attached hydrogen (secondary N) is 1. The number of hydrogen-bond donors (Lipinski definition) is 3. The van der Waals surface area contributed by atoms with Crippen LogP contribution < -0.4 is 11.1 Å². The van der Waals surface area contributed by atoms with Crippen LogP contribution in [-0.4, -0.2) is 43.1 Å². The molecule has 0 aliphatic rings. The molecule has 0 aliphatic heterocycles. The van der Waals surface area contributed by atoms with Gasteiger partial charge in [-0.15, -0.1) is 0 Å². The van der Waals surface area contributed by atoms with Crippen molar-refractivity contribution in [1.82, 2.24) is 5.32 Å². The predicted molar refractivity (Wildman–Crippen MR) is 66.8 cm³/mol. The first-order valence-electron chi connectivity index (χ1n) is 5.33. The van der Waals surface area contributed by atoms with Gasteiger partial charge in [0.2, 0.25) is 5.91 Å². The molecule has 2 amide bonds. The minimum Gasteiger partial charge on any atom is -0.465 e. The van der Waals surface area contributed by atoms with Gasteiger partial charge in [0, 0.05) is 6.26 Å². The molecule has 8 heteroatoms. The Bertz CT molecular complexity index is 424. The van der Waals surface area contributed by atoms with Gasteiger partial charge in [0.15, 0.2) is 9.84 Å². The van der Waals surface area contributed by atoms with Crippen molar-refractivity contribution >= 4 is 21.8 Å². The van der Waals surface area contributed by atoms with Crippen molar-refractivity contribution in [2.45, 2.75) is 38.5 Å². The SMILES string of the molecule is CC(C)(C)C(C[C@H](NC(=O)O)C(N)=O)S(C)(=O)=O. The van der Waals surface area contributed by atoms with Crippen LogP contribution in [0.15, 0.2) is 0 Å². The van der Waals surface area contributed by atoms with Gasteiger partial charge in [0.05, 0.1) is 5.25 Å². The summed E-state index contributed by atoms with van der Waals surface area (Å²) in [4.78, 5) is 21.7. The number of carbonyl (C=O) groups is 2. The van der Waals surface area contributed by atoms with E-state index in [4.69, 9.17) is 10.8 Å². The zero-order valence-corrected chi connectivity index (χ0v) is 11.7. The molecule has 7 nitrogen and oxygen atoms in total. The summed E-state index contributed by atoms with van der Waals surface area (Å²) in [7, 11) is -3.43. The molecular weight excluding hydrogens is 260 g/mol. The second-order valence-electron chi connectivity index (χ2n) is 5.32. The molecule has 0 bridgehead atoms. The van der Waals surface area contributed by atoms with Crippen LogP contribution >= 0.6 is 0 Å². The summed E-state index contributed by atoms with van der Waals surface area (Å²) in [6.45, 7) is 5.12. The molecule has 0 saturated heterocycles. The zero-order chi connectivity index (χ0) is 14.7. The zero-order valence-electron chi connectivity index (χ0n) is 10.9. The van der Waals surface area contributed by atoms with Gasteiger partial charge >= 0.3 is 6.09 Å². The van der Waals surface area contributed by atoms with E-state index in [-0.39, 0.29) is 6.42 Å². The minimum atomic E-state index is -3.43. The molecule has 0 aromatic rings. The smallest absolute Gasteiger partial charge is 0.405 e. The molecule has 18 heavy (non-hydrogen) atoms. The van der Waals surface area contributed by atoms with Gasteiger partial charge in [0.1, 0.15) is 6.04 Å². The summed E-state index contributed by atoms with van der Waals surface area (Å²) in [5.41, 5.74) is 4.44. The highest BCUT2D eigenvalue weighted by Crippen LogP contribution is 2.28. The molecule has 0 rings (SSSR count). The van der Waals surface area contributed by atoms with E-state index in [1.807, 2.05) is 5.32 Å². The van der Waals surface area contributed by atoms with Gasteiger partial charge in [-0.2, -0.15) is 0 Å². The molecule has 0 aliphatic carbocycles.